The van der Waals surface area contributed by atoms with Crippen molar-refractivity contribution in [2.24, 2.45) is 5.73 Å². The number of hydrogen-bond acceptors (Lipinski definition) is 4. The van der Waals surface area contributed by atoms with Crippen molar-refractivity contribution in [3.8, 4) is 5.88 Å². The quantitative estimate of drug-likeness (QED) is 0.876. The summed E-state index contributed by atoms with van der Waals surface area (Å²) >= 11 is 0. The van der Waals surface area contributed by atoms with Gasteiger partial charge in [-0.25, -0.2) is 9.37 Å². The van der Waals surface area contributed by atoms with Gasteiger partial charge in [0.15, 0.2) is 0 Å². The molecule has 1 aliphatic rings. The van der Waals surface area contributed by atoms with Crippen LogP contribution >= 0.6 is 0 Å². The van der Waals surface area contributed by atoms with E-state index in [0.29, 0.717) is 30.4 Å². The van der Waals surface area contributed by atoms with Gasteiger partial charge in [0, 0.05) is 24.7 Å². The number of hydrogen-bond donors (Lipinski definition) is 2. The Labute approximate surface area is 130 Å². The molecule has 6 heteroatoms. The second kappa shape index (κ2) is 7.35. The van der Waals surface area contributed by atoms with Crippen LogP contribution in [0, 0.1) is 11.2 Å². The number of aromatic nitrogens is 1. The highest BCUT2D eigenvalue weighted by atomic mass is 19.1. The summed E-state index contributed by atoms with van der Waals surface area (Å²) < 4.78 is 19.1. The summed E-state index contributed by atoms with van der Waals surface area (Å²) in [6.07, 6.45) is 5.01. The van der Waals surface area contributed by atoms with E-state index < -0.39 is 5.82 Å². The molecular formula is C16H23FN4O. The molecule has 1 aromatic rings. The van der Waals surface area contributed by atoms with E-state index in [1.54, 1.807) is 0 Å². The summed E-state index contributed by atoms with van der Waals surface area (Å²) in [5.74, 6) is 0.480. The van der Waals surface area contributed by atoms with Gasteiger partial charge in [-0.2, -0.15) is 0 Å². The number of halogens is 1. The number of nitrogens with zero attached hydrogens (tertiary/aromatic N) is 2. The molecule has 0 aromatic carbocycles. The van der Waals surface area contributed by atoms with Crippen LogP contribution in [0.5, 0.6) is 5.88 Å². The lowest BCUT2D eigenvalue weighted by atomic mass is 10.0. The molecule has 2 rings (SSSR count). The molecule has 0 radical (unpaired) electrons. The van der Waals surface area contributed by atoms with E-state index in [2.05, 4.69) is 4.98 Å². The second-order valence-corrected chi connectivity index (χ2v) is 5.59. The Morgan fingerprint density at radius 1 is 1.59 bits per heavy atom. The van der Waals surface area contributed by atoms with Crippen LogP contribution in [0.4, 0.5) is 4.39 Å². The molecule has 1 aliphatic heterocycles. The maximum atomic E-state index is 13.5. The highest BCUT2D eigenvalue weighted by Crippen LogP contribution is 2.23. The molecule has 22 heavy (non-hydrogen) atoms. The van der Waals surface area contributed by atoms with Crippen LogP contribution < -0.4 is 10.5 Å². The van der Waals surface area contributed by atoms with E-state index in [0.717, 1.165) is 31.2 Å². The normalized spacial score (nSPS) is 18.6. The topological polar surface area (TPSA) is 75.2 Å². The first kappa shape index (κ1) is 16.4. The van der Waals surface area contributed by atoms with Crippen LogP contribution in [-0.4, -0.2) is 34.9 Å². The number of pyridine rings is 1. The molecule has 120 valence electrons. The van der Waals surface area contributed by atoms with Crippen molar-refractivity contribution in [2.45, 2.75) is 39.3 Å². The van der Waals surface area contributed by atoms with Crippen LogP contribution in [0.2, 0.25) is 0 Å². The minimum atomic E-state index is -0.405. The van der Waals surface area contributed by atoms with Crippen molar-refractivity contribution in [3.63, 3.8) is 0 Å². The minimum Gasteiger partial charge on any atom is -0.476 e. The highest BCUT2D eigenvalue weighted by Gasteiger charge is 2.21. The third-order valence-electron chi connectivity index (χ3n) is 3.58. The largest absolute Gasteiger partial charge is 0.476 e. The fourth-order valence-corrected chi connectivity index (χ4v) is 2.46. The fraction of sp³-hybridized carbons (Fsp3) is 0.500. The zero-order valence-electron chi connectivity index (χ0n) is 13.1. The van der Waals surface area contributed by atoms with Crippen molar-refractivity contribution in [3.05, 3.63) is 35.3 Å². The number of allylic oxidation sites excluding steroid dienone is 1. The molecule has 2 heterocycles. The summed E-state index contributed by atoms with van der Waals surface area (Å²) in [5, 5.41) is 8.23. The van der Waals surface area contributed by atoms with Gasteiger partial charge in [-0.3, -0.25) is 5.41 Å². The number of rotatable bonds is 5. The molecule has 0 bridgehead atoms. The van der Waals surface area contributed by atoms with Crippen LogP contribution in [0.1, 0.15) is 32.3 Å². The van der Waals surface area contributed by atoms with Gasteiger partial charge in [-0.05, 0) is 38.3 Å². The third-order valence-corrected chi connectivity index (χ3v) is 3.58. The van der Waals surface area contributed by atoms with E-state index in [9.17, 15) is 4.39 Å². The van der Waals surface area contributed by atoms with Gasteiger partial charge >= 0.3 is 0 Å². The molecule has 0 unspecified atom stereocenters. The maximum Gasteiger partial charge on any atom is 0.218 e. The molecule has 5 nitrogen and oxygen atoms in total. The lowest BCUT2D eigenvalue weighted by Crippen LogP contribution is -2.36. The number of amidine groups is 1. The number of ether oxygens (including phenoxy) is 1. The first-order valence-corrected chi connectivity index (χ1v) is 7.53. The molecule has 0 saturated carbocycles. The number of likely N-dealkylation sites (tertiary alicyclic amines) is 1. The molecule has 1 fully saturated rings. The first-order chi connectivity index (χ1) is 10.5. The SMILES string of the molecule is C/C=C1/CCCN(Cc2cc(F)cnc2OC[C@@H](C)N)C1=N. The Morgan fingerprint density at radius 2 is 2.36 bits per heavy atom. The predicted molar refractivity (Wildman–Crippen MR) is 84.5 cm³/mol. The van der Waals surface area contributed by atoms with Gasteiger partial charge in [-0.1, -0.05) is 6.08 Å². The number of nitrogens with two attached hydrogens (primary N) is 1. The third kappa shape index (κ3) is 4.04. The molecule has 1 aromatic heterocycles. The van der Waals surface area contributed by atoms with E-state index in [1.165, 1.54) is 6.07 Å². The van der Waals surface area contributed by atoms with Crippen molar-refractivity contribution in [1.82, 2.24) is 9.88 Å². The highest BCUT2D eigenvalue weighted by molar-refractivity contribution is 5.96. The Morgan fingerprint density at radius 3 is 3.05 bits per heavy atom. The van der Waals surface area contributed by atoms with E-state index in [1.807, 2.05) is 24.8 Å². The lowest BCUT2D eigenvalue weighted by Gasteiger charge is -2.31. The van der Waals surface area contributed by atoms with Gasteiger partial charge in [-0.15, -0.1) is 0 Å². The maximum absolute atomic E-state index is 13.5. The Kier molecular flexibility index (Phi) is 5.49. The first-order valence-electron chi connectivity index (χ1n) is 7.53. The Hall–Kier alpha value is -1.95. The molecule has 0 aliphatic carbocycles. The molecular weight excluding hydrogens is 283 g/mol. The minimum absolute atomic E-state index is 0.123. The van der Waals surface area contributed by atoms with Gasteiger partial charge < -0.3 is 15.4 Å². The molecule has 0 amide bonds. The smallest absolute Gasteiger partial charge is 0.218 e. The average Bonchev–Trinajstić information content (AvgIpc) is 2.48. The second-order valence-electron chi connectivity index (χ2n) is 5.59. The summed E-state index contributed by atoms with van der Waals surface area (Å²) in [6, 6.07) is 1.29. The van der Waals surface area contributed by atoms with Crippen LogP contribution in [0.15, 0.2) is 23.9 Å². The van der Waals surface area contributed by atoms with Gasteiger partial charge in [0.1, 0.15) is 18.3 Å². The molecule has 0 spiro atoms. The van der Waals surface area contributed by atoms with Crippen molar-refractivity contribution in [1.29, 1.82) is 5.41 Å². The van der Waals surface area contributed by atoms with Gasteiger partial charge in [0.2, 0.25) is 5.88 Å². The van der Waals surface area contributed by atoms with Crippen molar-refractivity contribution >= 4 is 5.84 Å². The van der Waals surface area contributed by atoms with Crippen LogP contribution in [-0.2, 0) is 6.54 Å². The van der Waals surface area contributed by atoms with Crippen LogP contribution in [0.3, 0.4) is 0 Å². The van der Waals surface area contributed by atoms with Crippen molar-refractivity contribution < 1.29 is 9.13 Å². The number of piperidine rings is 1. The Bertz CT molecular complexity index is 571. The summed E-state index contributed by atoms with van der Waals surface area (Å²) in [6.45, 7) is 5.29. The van der Waals surface area contributed by atoms with E-state index in [-0.39, 0.29) is 6.04 Å². The summed E-state index contributed by atoms with van der Waals surface area (Å²) in [5.41, 5.74) is 7.35. The lowest BCUT2D eigenvalue weighted by molar-refractivity contribution is 0.275. The molecule has 3 N–H and O–H groups in total. The zero-order chi connectivity index (χ0) is 16.1. The molecule has 1 atom stereocenters. The summed E-state index contributed by atoms with van der Waals surface area (Å²) in [7, 11) is 0. The van der Waals surface area contributed by atoms with Gasteiger partial charge in [0.25, 0.3) is 0 Å². The van der Waals surface area contributed by atoms with E-state index in [4.69, 9.17) is 15.9 Å². The Balaban J connectivity index is 2.17. The zero-order valence-corrected chi connectivity index (χ0v) is 13.1. The average molecular weight is 306 g/mol. The monoisotopic (exact) mass is 306 g/mol. The van der Waals surface area contributed by atoms with Crippen molar-refractivity contribution in [2.75, 3.05) is 13.2 Å². The van der Waals surface area contributed by atoms with E-state index >= 15 is 0 Å². The fourth-order valence-electron chi connectivity index (χ4n) is 2.46. The van der Waals surface area contributed by atoms with Crippen LogP contribution in [0.25, 0.3) is 0 Å². The standard InChI is InChI=1S/C16H23FN4O/c1-3-12-5-4-6-21(15(12)19)9-13-7-14(17)8-20-16(13)22-10-11(2)18/h3,7-8,11,19H,4-6,9-10,18H2,1-2H3/b12-3-,19-15?/t11-/m1/s1. The number of nitrogens with one attached hydrogen (secondary N) is 1. The van der Waals surface area contributed by atoms with Gasteiger partial charge in [0.05, 0.1) is 6.20 Å². The predicted octanol–water partition coefficient (Wildman–Crippen LogP) is 2.47. The summed E-state index contributed by atoms with van der Waals surface area (Å²) in [4.78, 5) is 5.94. The molecule has 1 saturated heterocycles.